The number of sulfonamides is 1. The minimum Gasteiger partial charge on any atom is -0.507 e. The summed E-state index contributed by atoms with van der Waals surface area (Å²) in [4.78, 5) is 13.5. The Morgan fingerprint density at radius 3 is 1.93 bits per heavy atom. The molecule has 2 saturated carbocycles. The summed E-state index contributed by atoms with van der Waals surface area (Å²) in [7, 11) is -4.58. The molecule has 0 aromatic heterocycles. The van der Waals surface area contributed by atoms with Crippen LogP contribution in [0, 0.1) is 29.1 Å². The molecule has 0 saturated heterocycles. The summed E-state index contributed by atoms with van der Waals surface area (Å²) < 4.78 is 98.2. The Hall–Kier alpha value is -3.55. The Kier molecular flexibility index (Phi) is 8.99. The minimum absolute atomic E-state index is 0.108. The van der Waals surface area contributed by atoms with Gasteiger partial charge in [-0.2, -0.15) is 4.31 Å². The zero-order valence-corrected chi connectivity index (χ0v) is 26.4. The lowest BCUT2D eigenvalue weighted by atomic mass is 9.84. The van der Waals surface area contributed by atoms with Crippen LogP contribution in [0.3, 0.4) is 0 Å². The maximum absolute atomic E-state index is 14.7. The number of anilines is 1. The molecular weight excluding hydrogens is 631 g/mol. The number of likely N-dealkylation sites (N-methyl/N-ethyl adjacent to an activating group) is 1. The highest BCUT2D eigenvalue weighted by atomic mass is 32.2. The van der Waals surface area contributed by atoms with Crippen LogP contribution < -0.4 is 4.90 Å². The van der Waals surface area contributed by atoms with Crippen molar-refractivity contribution in [2.24, 2.45) is 0 Å². The van der Waals surface area contributed by atoms with Gasteiger partial charge in [-0.25, -0.2) is 30.4 Å². The number of aromatic hydroxyl groups is 1. The number of phenols is 1. The molecule has 0 radical (unpaired) electrons. The summed E-state index contributed by atoms with van der Waals surface area (Å²) in [6.07, 6.45) is 5.40. The molecule has 0 bridgehead atoms. The first-order chi connectivity index (χ1) is 21.5. The summed E-state index contributed by atoms with van der Waals surface area (Å²) in [6, 6.07) is 11.7. The van der Waals surface area contributed by atoms with Gasteiger partial charge in [0.1, 0.15) is 11.3 Å². The molecule has 2 N–H and O–H groups in total. The van der Waals surface area contributed by atoms with Gasteiger partial charge >= 0.3 is 0 Å². The van der Waals surface area contributed by atoms with Crippen LogP contribution in [0.15, 0.2) is 47.4 Å². The molecule has 1 amide bonds. The molecule has 5 rings (SSSR count). The number of halogens is 5. The molecule has 2 fully saturated rings. The fraction of sp³-hybridized carbons (Fsp3) is 0.424. The average molecular weight is 667 g/mol. The molecule has 3 aromatic carbocycles. The second-order valence-corrected chi connectivity index (χ2v) is 14.5. The van der Waals surface area contributed by atoms with E-state index in [4.69, 9.17) is 0 Å². The van der Waals surface area contributed by atoms with Crippen molar-refractivity contribution in [1.29, 1.82) is 0 Å². The second-order valence-electron chi connectivity index (χ2n) is 12.6. The second kappa shape index (κ2) is 12.2. The molecule has 0 aliphatic heterocycles. The molecule has 2 aliphatic rings. The highest BCUT2D eigenvalue weighted by Gasteiger charge is 2.60. The van der Waals surface area contributed by atoms with Crippen molar-refractivity contribution in [3.05, 3.63) is 88.2 Å². The maximum Gasteiger partial charge on any atom is 0.249 e. The zero-order chi connectivity index (χ0) is 33.8. The largest absolute Gasteiger partial charge is 0.507 e. The highest BCUT2D eigenvalue weighted by molar-refractivity contribution is 7.89. The van der Waals surface area contributed by atoms with E-state index in [2.05, 4.69) is 0 Å². The van der Waals surface area contributed by atoms with Gasteiger partial charge in [-0.05, 0) is 62.6 Å². The van der Waals surface area contributed by atoms with E-state index in [1.54, 1.807) is 0 Å². The summed E-state index contributed by atoms with van der Waals surface area (Å²) >= 11 is 0. The van der Waals surface area contributed by atoms with Crippen molar-refractivity contribution >= 4 is 21.6 Å². The predicted molar refractivity (Wildman–Crippen MR) is 160 cm³/mol. The molecule has 0 unspecified atom stereocenters. The summed E-state index contributed by atoms with van der Waals surface area (Å²) in [6.45, 7) is 2.80. The Bertz CT molecular complexity index is 1740. The molecule has 0 atom stereocenters. The van der Waals surface area contributed by atoms with Crippen molar-refractivity contribution in [2.75, 3.05) is 11.9 Å². The molecule has 13 heteroatoms. The van der Waals surface area contributed by atoms with Crippen molar-refractivity contribution in [2.45, 2.75) is 87.3 Å². The third-order valence-corrected chi connectivity index (χ3v) is 11.1. The van der Waals surface area contributed by atoms with E-state index in [-0.39, 0.29) is 36.4 Å². The fourth-order valence-corrected chi connectivity index (χ4v) is 7.84. The van der Waals surface area contributed by atoms with Gasteiger partial charge in [-0.3, -0.25) is 4.79 Å². The number of phenolic OH excluding ortho intramolecular Hbond substituents is 1. The lowest BCUT2D eigenvalue weighted by molar-refractivity contribution is -0.123. The van der Waals surface area contributed by atoms with E-state index in [1.165, 1.54) is 43.4 Å². The van der Waals surface area contributed by atoms with E-state index in [9.17, 15) is 45.4 Å². The van der Waals surface area contributed by atoms with E-state index in [1.807, 2.05) is 24.3 Å². The van der Waals surface area contributed by atoms with Gasteiger partial charge in [-0.1, -0.05) is 49.6 Å². The Morgan fingerprint density at radius 1 is 0.891 bits per heavy atom. The fourth-order valence-electron chi connectivity index (χ4n) is 6.21. The van der Waals surface area contributed by atoms with Gasteiger partial charge in [0.15, 0.2) is 28.2 Å². The summed E-state index contributed by atoms with van der Waals surface area (Å²) in [5.74, 6) is -13.2. The number of carbonyl (C=O) groups excluding carboxylic acids is 1. The third-order valence-electron chi connectivity index (χ3n) is 9.11. The lowest BCUT2D eigenvalue weighted by Gasteiger charge is -2.33. The molecule has 3 aromatic rings. The Labute approximate surface area is 264 Å². The number of aliphatic hydroxyl groups is 1. The number of nitrogens with zero attached hydrogens (tertiary/aromatic N) is 2. The molecule has 0 heterocycles. The average Bonchev–Trinajstić information content (AvgIpc) is 3.83. The molecular formula is C33H35F5N2O5S. The van der Waals surface area contributed by atoms with Gasteiger partial charge < -0.3 is 15.1 Å². The van der Waals surface area contributed by atoms with Gasteiger partial charge in [0, 0.05) is 24.4 Å². The van der Waals surface area contributed by atoms with Crippen molar-refractivity contribution in [3.63, 3.8) is 0 Å². The van der Waals surface area contributed by atoms with E-state index >= 15 is 0 Å². The Morgan fingerprint density at radius 2 is 1.43 bits per heavy atom. The van der Waals surface area contributed by atoms with Crippen LogP contribution in [0.2, 0.25) is 0 Å². The normalized spacial score (nSPS) is 16.9. The number of hydrogen-bond donors (Lipinski definition) is 2. The molecule has 248 valence electrons. The first-order valence-electron chi connectivity index (χ1n) is 15.0. The lowest BCUT2D eigenvalue weighted by Crippen LogP contribution is -2.51. The number of hydrogen-bond acceptors (Lipinski definition) is 5. The van der Waals surface area contributed by atoms with Crippen molar-refractivity contribution in [1.82, 2.24) is 4.31 Å². The van der Waals surface area contributed by atoms with Gasteiger partial charge in [-0.15, -0.1) is 0 Å². The van der Waals surface area contributed by atoms with Crippen LogP contribution >= 0.6 is 0 Å². The monoisotopic (exact) mass is 666 g/mol. The molecule has 7 nitrogen and oxygen atoms in total. The van der Waals surface area contributed by atoms with Crippen LogP contribution in [0.4, 0.5) is 27.6 Å². The molecule has 46 heavy (non-hydrogen) atoms. The van der Waals surface area contributed by atoms with E-state index < -0.39 is 61.1 Å². The number of rotatable bonds is 9. The minimum atomic E-state index is -5.44. The van der Waals surface area contributed by atoms with E-state index in [0.29, 0.717) is 15.8 Å². The van der Waals surface area contributed by atoms with Gasteiger partial charge in [0.05, 0.1) is 12.1 Å². The summed E-state index contributed by atoms with van der Waals surface area (Å²) in [5, 5.41) is 21.2. The first-order valence-corrected chi connectivity index (χ1v) is 16.4. The number of carbonyl (C=O) groups is 1. The number of amides is 1. The van der Waals surface area contributed by atoms with Crippen molar-refractivity contribution in [3.8, 4) is 5.75 Å². The van der Waals surface area contributed by atoms with Crippen molar-refractivity contribution < 1.29 is 45.4 Å². The first kappa shape index (κ1) is 33.8. The standard InChI is InChI=1S/C33H35F5N2O5S/c1-32(2,43)23-14-13-22(17-24(23)41)40(18-19-9-11-21(12-10-19)20-7-5-4-6-8-20)31(42)33(15-16-33)39(3)46(44,45)30-28(37)26(35)25(34)27(36)29(30)38/h9-14,17,20,41,43H,4-8,15-16,18H2,1-3H3. The number of benzene rings is 3. The molecule has 2 aliphatic carbocycles. The van der Waals surface area contributed by atoms with Crippen LogP contribution in [0.1, 0.15) is 81.4 Å². The third kappa shape index (κ3) is 6.00. The van der Waals surface area contributed by atoms with Gasteiger partial charge in [0.25, 0.3) is 0 Å². The Balaban J connectivity index is 1.54. The smallest absolute Gasteiger partial charge is 0.249 e. The van der Waals surface area contributed by atoms with Crippen LogP contribution in [-0.4, -0.2) is 41.4 Å². The quantitative estimate of drug-likeness (QED) is 0.150. The van der Waals surface area contributed by atoms with Crippen LogP contribution in [0.5, 0.6) is 5.75 Å². The SMILES string of the molecule is CN(C1(C(=O)N(Cc2ccc(C3CCCCC3)cc2)c2ccc(C(C)(C)O)c(O)c2)CC1)S(=O)(=O)c1c(F)c(F)c(F)c(F)c1F. The molecule has 0 spiro atoms. The zero-order valence-electron chi connectivity index (χ0n) is 25.6. The summed E-state index contributed by atoms with van der Waals surface area (Å²) in [5.41, 5.74) is -1.27. The highest BCUT2D eigenvalue weighted by Crippen LogP contribution is 2.47. The predicted octanol–water partition coefficient (Wildman–Crippen LogP) is 6.75. The van der Waals surface area contributed by atoms with Gasteiger partial charge in [0.2, 0.25) is 21.7 Å². The van der Waals surface area contributed by atoms with Crippen LogP contribution in [-0.2, 0) is 27.0 Å². The maximum atomic E-state index is 14.7. The topological polar surface area (TPSA) is 98.2 Å². The van der Waals surface area contributed by atoms with E-state index in [0.717, 1.165) is 38.3 Å². The van der Waals surface area contributed by atoms with Crippen LogP contribution in [0.25, 0.3) is 0 Å².